The number of piperidine rings is 1. The summed E-state index contributed by atoms with van der Waals surface area (Å²) in [4.78, 5) is 7.10. The van der Waals surface area contributed by atoms with Gasteiger partial charge in [-0.1, -0.05) is 6.92 Å². The van der Waals surface area contributed by atoms with Crippen LogP contribution in [0.2, 0.25) is 0 Å². The molecule has 30 heavy (non-hydrogen) atoms. The van der Waals surface area contributed by atoms with E-state index in [1.165, 1.54) is 25.9 Å². The molecule has 0 amide bonds. The number of ether oxygens (including phenoxy) is 2. The minimum atomic E-state index is -0.772. The summed E-state index contributed by atoms with van der Waals surface area (Å²) in [6.45, 7) is 9.78. The first-order chi connectivity index (χ1) is 14.1. The number of likely N-dealkylation sites (tertiary alicyclic amines) is 1. The fourth-order valence-corrected chi connectivity index (χ4v) is 3.51. The van der Waals surface area contributed by atoms with Gasteiger partial charge in [0.2, 0.25) is 0 Å². The van der Waals surface area contributed by atoms with Crippen molar-refractivity contribution >= 4 is 29.9 Å². The summed E-state index contributed by atoms with van der Waals surface area (Å²) in [6.07, 6.45) is 2.92. The van der Waals surface area contributed by atoms with Crippen LogP contribution in [0.5, 0.6) is 11.5 Å². The van der Waals surface area contributed by atoms with E-state index >= 15 is 0 Å². The molecule has 0 aromatic heterocycles. The van der Waals surface area contributed by atoms with E-state index in [-0.39, 0.29) is 30.5 Å². The molecule has 8 heteroatoms. The van der Waals surface area contributed by atoms with Crippen LogP contribution in [0, 0.1) is 5.92 Å². The number of nitrogens with zero attached hydrogens (tertiary/aromatic N) is 2. The molecule has 0 bridgehead atoms. The normalized spacial score (nSPS) is 16.5. The molecule has 1 aliphatic rings. The van der Waals surface area contributed by atoms with E-state index in [4.69, 9.17) is 9.47 Å². The monoisotopic (exact) mass is 534 g/mol. The first-order valence-corrected chi connectivity index (χ1v) is 10.7. The van der Waals surface area contributed by atoms with Crippen molar-refractivity contribution in [3.8, 4) is 11.5 Å². The molecule has 7 nitrogen and oxygen atoms in total. The molecule has 1 aromatic rings. The van der Waals surface area contributed by atoms with Gasteiger partial charge in [-0.15, -0.1) is 24.0 Å². The topological polar surface area (TPSA) is 78.4 Å². The Bertz CT molecular complexity index is 637. The molecular weight excluding hydrogens is 495 g/mol. The van der Waals surface area contributed by atoms with E-state index in [1.807, 2.05) is 13.0 Å². The average molecular weight is 534 g/mol. The maximum absolute atomic E-state index is 10.6. The number of hydrogen-bond acceptors (Lipinski definition) is 5. The summed E-state index contributed by atoms with van der Waals surface area (Å²) in [5, 5.41) is 17.2. The lowest BCUT2D eigenvalue weighted by Crippen LogP contribution is -2.40. The number of halogens is 1. The second-order valence-corrected chi connectivity index (χ2v) is 7.65. The molecule has 0 saturated carbocycles. The Kier molecular flexibility index (Phi) is 13.1. The fraction of sp³-hybridized carbons (Fsp3) is 0.682. The minimum Gasteiger partial charge on any atom is -0.497 e. The van der Waals surface area contributed by atoms with E-state index in [9.17, 15) is 5.11 Å². The Hall–Kier alpha value is -1.26. The molecule has 1 unspecified atom stereocenters. The largest absolute Gasteiger partial charge is 0.497 e. The highest BCUT2D eigenvalue weighted by atomic mass is 127. The first kappa shape index (κ1) is 26.8. The molecule has 1 atom stereocenters. The number of benzene rings is 1. The first-order valence-electron chi connectivity index (χ1n) is 10.7. The molecule has 172 valence electrons. The van der Waals surface area contributed by atoms with Crippen molar-refractivity contribution < 1.29 is 14.6 Å². The van der Waals surface area contributed by atoms with Crippen molar-refractivity contribution in [1.82, 2.24) is 15.5 Å². The summed E-state index contributed by atoms with van der Waals surface area (Å²) >= 11 is 0. The van der Waals surface area contributed by atoms with E-state index in [1.54, 1.807) is 26.4 Å². The molecule has 1 heterocycles. The summed E-state index contributed by atoms with van der Waals surface area (Å²) < 4.78 is 10.6. The molecule has 3 N–H and O–H groups in total. The average Bonchev–Trinajstić information content (AvgIpc) is 2.75. The van der Waals surface area contributed by atoms with Gasteiger partial charge in [0.25, 0.3) is 0 Å². The minimum absolute atomic E-state index is 0. The van der Waals surface area contributed by atoms with Crippen molar-refractivity contribution in [2.75, 3.05) is 53.5 Å². The standard InChI is InChI=1S/C22H38N4O3.HI/c1-5-23-22(24-11-6-12-26-13-9-17(2)10-14-26)25-16-20(27)19-15-18(28-3)7-8-21(19)29-4;/h7-8,15,17,20,27H,5-6,9-14,16H2,1-4H3,(H2,23,24,25);1H. The van der Waals surface area contributed by atoms with Gasteiger partial charge < -0.3 is 30.1 Å². The van der Waals surface area contributed by atoms with Crippen LogP contribution in [0.3, 0.4) is 0 Å². The van der Waals surface area contributed by atoms with Gasteiger partial charge in [0, 0.05) is 18.7 Å². The maximum atomic E-state index is 10.6. The number of aliphatic imine (C=N–C) groups is 1. The maximum Gasteiger partial charge on any atom is 0.191 e. The molecule has 1 aromatic carbocycles. The Balaban J connectivity index is 0.00000450. The quantitative estimate of drug-likeness (QED) is 0.186. The number of hydrogen-bond donors (Lipinski definition) is 3. The molecule has 0 aliphatic carbocycles. The Labute approximate surface area is 198 Å². The van der Waals surface area contributed by atoms with Crippen molar-refractivity contribution in [3.05, 3.63) is 23.8 Å². The predicted molar refractivity (Wildman–Crippen MR) is 133 cm³/mol. The lowest BCUT2D eigenvalue weighted by Gasteiger charge is -2.30. The third kappa shape index (κ3) is 8.85. The van der Waals surface area contributed by atoms with Crippen LogP contribution >= 0.6 is 24.0 Å². The molecule has 1 fully saturated rings. The van der Waals surface area contributed by atoms with Gasteiger partial charge in [0.15, 0.2) is 5.96 Å². The number of nitrogens with one attached hydrogen (secondary N) is 2. The number of aliphatic hydroxyl groups excluding tert-OH is 1. The Morgan fingerprint density at radius 3 is 2.60 bits per heavy atom. The number of guanidine groups is 1. The van der Waals surface area contributed by atoms with Crippen LogP contribution in [0.25, 0.3) is 0 Å². The molecular formula is C22H39IN4O3. The zero-order chi connectivity index (χ0) is 21.1. The van der Waals surface area contributed by atoms with E-state index in [0.717, 1.165) is 37.9 Å². The predicted octanol–water partition coefficient (Wildman–Crippen LogP) is 3.03. The zero-order valence-electron chi connectivity index (χ0n) is 18.8. The fourth-order valence-electron chi connectivity index (χ4n) is 3.51. The van der Waals surface area contributed by atoms with Crippen LogP contribution in [0.1, 0.15) is 44.8 Å². The highest BCUT2D eigenvalue weighted by Crippen LogP contribution is 2.29. The van der Waals surface area contributed by atoms with E-state index < -0.39 is 6.10 Å². The second kappa shape index (κ2) is 14.7. The molecule has 1 saturated heterocycles. The lowest BCUT2D eigenvalue weighted by atomic mass is 9.99. The summed E-state index contributed by atoms with van der Waals surface area (Å²) in [5.74, 6) is 2.90. The van der Waals surface area contributed by atoms with Crippen molar-refractivity contribution in [1.29, 1.82) is 0 Å². The van der Waals surface area contributed by atoms with Gasteiger partial charge in [-0.3, -0.25) is 4.99 Å². The van der Waals surface area contributed by atoms with Gasteiger partial charge in [-0.25, -0.2) is 0 Å². The highest BCUT2D eigenvalue weighted by molar-refractivity contribution is 14.0. The lowest BCUT2D eigenvalue weighted by molar-refractivity contribution is 0.182. The van der Waals surface area contributed by atoms with Gasteiger partial charge in [0.1, 0.15) is 17.6 Å². The van der Waals surface area contributed by atoms with Gasteiger partial charge >= 0.3 is 0 Å². The van der Waals surface area contributed by atoms with Crippen LogP contribution in [0.4, 0.5) is 0 Å². The smallest absolute Gasteiger partial charge is 0.191 e. The van der Waals surface area contributed by atoms with Gasteiger partial charge in [-0.05, 0) is 69.9 Å². The Morgan fingerprint density at radius 2 is 1.97 bits per heavy atom. The second-order valence-electron chi connectivity index (χ2n) is 7.65. The van der Waals surface area contributed by atoms with Crippen molar-refractivity contribution in [2.24, 2.45) is 10.9 Å². The van der Waals surface area contributed by atoms with Gasteiger partial charge in [-0.2, -0.15) is 0 Å². The summed E-state index contributed by atoms with van der Waals surface area (Å²) in [6, 6.07) is 5.40. The summed E-state index contributed by atoms with van der Waals surface area (Å²) in [5.41, 5.74) is 0.672. The SMILES string of the molecule is CCNC(=NCC(O)c1cc(OC)ccc1OC)NCCCN1CCC(C)CC1.I. The number of aliphatic hydroxyl groups is 1. The zero-order valence-corrected chi connectivity index (χ0v) is 21.1. The van der Waals surface area contributed by atoms with E-state index in [2.05, 4.69) is 27.4 Å². The Morgan fingerprint density at radius 1 is 1.23 bits per heavy atom. The molecule has 2 rings (SSSR count). The van der Waals surface area contributed by atoms with Gasteiger partial charge in [0.05, 0.1) is 20.8 Å². The van der Waals surface area contributed by atoms with Crippen LogP contribution in [-0.2, 0) is 0 Å². The summed E-state index contributed by atoms with van der Waals surface area (Å²) in [7, 11) is 3.20. The number of rotatable bonds is 10. The highest BCUT2D eigenvalue weighted by Gasteiger charge is 2.16. The van der Waals surface area contributed by atoms with Crippen LogP contribution < -0.4 is 20.1 Å². The third-order valence-electron chi connectivity index (χ3n) is 5.38. The van der Waals surface area contributed by atoms with Crippen LogP contribution in [-0.4, -0.2) is 69.5 Å². The van der Waals surface area contributed by atoms with E-state index in [0.29, 0.717) is 17.1 Å². The molecule has 0 radical (unpaired) electrons. The number of methoxy groups -OCH3 is 2. The van der Waals surface area contributed by atoms with Crippen molar-refractivity contribution in [3.63, 3.8) is 0 Å². The third-order valence-corrected chi connectivity index (χ3v) is 5.38. The molecule has 1 aliphatic heterocycles. The van der Waals surface area contributed by atoms with Crippen molar-refractivity contribution in [2.45, 2.75) is 39.2 Å². The molecule has 0 spiro atoms. The van der Waals surface area contributed by atoms with Crippen LogP contribution in [0.15, 0.2) is 23.2 Å².